The average molecular weight is 392 g/mol. The lowest BCUT2D eigenvalue weighted by Crippen LogP contribution is -2.39. The van der Waals surface area contributed by atoms with Gasteiger partial charge in [-0.3, -0.25) is 4.79 Å². The molecule has 1 aromatic rings. The molecule has 3 rings (SSSR count). The van der Waals surface area contributed by atoms with Gasteiger partial charge < -0.3 is 9.94 Å². The van der Waals surface area contributed by atoms with Crippen molar-refractivity contribution < 1.29 is 14.7 Å². The first kappa shape index (κ1) is 17.2. The van der Waals surface area contributed by atoms with E-state index in [4.69, 9.17) is 4.84 Å². The second-order valence-electron chi connectivity index (χ2n) is 6.67. The van der Waals surface area contributed by atoms with Crippen molar-refractivity contribution in [2.24, 2.45) is 5.41 Å². The Morgan fingerprint density at radius 3 is 2.62 bits per heavy atom. The number of aryl methyl sites for hydroxylation is 1. The minimum Gasteiger partial charge on any atom is -0.511 e. The lowest BCUT2D eigenvalue weighted by molar-refractivity contribution is -0.136. The van der Waals surface area contributed by atoms with E-state index in [0.717, 1.165) is 21.2 Å². The molecule has 0 aromatic heterocycles. The third-order valence-electron chi connectivity index (χ3n) is 5.28. The summed E-state index contributed by atoms with van der Waals surface area (Å²) in [5, 5.41) is 12.8. The molecule has 1 aromatic carbocycles. The number of carbonyl (C=O) groups excluding carboxylic acids is 1. The maximum atomic E-state index is 12.8. The Kier molecular flexibility index (Phi) is 4.58. The topological polar surface area (TPSA) is 49.8 Å². The van der Waals surface area contributed by atoms with E-state index in [2.05, 4.69) is 22.5 Å². The van der Waals surface area contributed by atoms with Crippen molar-refractivity contribution in [2.75, 3.05) is 13.1 Å². The van der Waals surface area contributed by atoms with Crippen LogP contribution in [0.25, 0.3) is 5.57 Å². The van der Waals surface area contributed by atoms with Gasteiger partial charge in [0, 0.05) is 29.4 Å². The van der Waals surface area contributed by atoms with Gasteiger partial charge in [-0.15, -0.1) is 5.06 Å². The minimum absolute atomic E-state index is 0.0369. The van der Waals surface area contributed by atoms with Crippen LogP contribution in [-0.4, -0.2) is 29.0 Å². The smallest absolute Gasteiger partial charge is 0.167 e. The third kappa shape index (κ3) is 2.70. The van der Waals surface area contributed by atoms with Gasteiger partial charge in [0.05, 0.1) is 5.57 Å². The molecule has 0 atom stereocenters. The average Bonchev–Trinajstić information content (AvgIpc) is 2.78. The summed E-state index contributed by atoms with van der Waals surface area (Å²) in [6.07, 6.45) is 3.19. The summed E-state index contributed by atoms with van der Waals surface area (Å²) < 4.78 is 0.950. The largest absolute Gasteiger partial charge is 0.511 e. The Bertz CT molecular complexity index is 730. The van der Waals surface area contributed by atoms with Crippen LogP contribution < -0.4 is 0 Å². The molecule has 1 spiro atoms. The number of piperidine rings is 1. The number of aliphatic hydroxyl groups is 1. The molecular formula is C19H22BrNO3. The number of benzene rings is 1. The molecule has 0 unspecified atom stereocenters. The van der Waals surface area contributed by atoms with Crippen LogP contribution in [0.3, 0.4) is 0 Å². The Morgan fingerprint density at radius 1 is 1.33 bits per heavy atom. The fraction of sp³-hybridized carbons (Fsp3) is 0.421. The summed E-state index contributed by atoms with van der Waals surface area (Å²) in [4.78, 5) is 18.1. The molecule has 1 N–H and O–H groups in total. The molecule has 24 heavy (non-hydrogen) atoms. The Labute approximate surface area is 150 Å². The summed E-state index contributed by atoms with van der Waals surface area (Å²) in [6, 6.07) is 3.96. The van der Waals surface area contributed by atoms with E-state index in [1.165, 1.54) is 6.26 Å². The SMILES string of the molecule is C=CON1CCC2(CC1)CC(=O)C(c1c(C)ccc(Br)c1C)=C2O. The number of Topliss-reactive ketones (excluding diaryl/α,β-unsaturated/α-hetero) is 1. The van der Waals surface area contributed by atoms with Crippen molar-refractivity contribution in [3.63, 3.8) is 0 Å². The Morgan fingerprint density at radius 2 is 2.00 bits per heavy atom. The standard InChI is InChI=1S/C19H22BrNO3/c1-4-24-21-9-7-19(8-10-21)11-15(22)17(18(19)23)16-12(2)5-6-14(20)13(16)3/h4-6,23H,1,7-11H2,2-3H3. The summed E-state index contributed by atoms with van der Waals surface area (Å²) >= 11 is 3.53. The lowest BCUT2D eigenvalue weighted by Gasteiger charge is -2.37. The van der Waals surface area contributed by atoms with E-state index in [0.29, 0.717) is 37.9 Å². The van der Waals surface area contributed by atoms with Crippen molar-refractivity contribution in [3.8, 4) is 0 Å². The second kappa shape index (κ2) is 6.37. The Balaban J connectivity index is 2.01. The number of hydroxylamine groups is 2. The summed E-state index contributed by atoms with van der Waals surface area (Å²) in [7, 11) is 0. The molecule has 0 amide bonds. The van der Waals surface area contributed by atoms with Crippen molar-refractivity contribution in [2.45, 2.75) is 33.1 Å². The first-order valence-electron chi connectivity index (χ1n) is 8.15. The molecule has 0 bridgehead atoms. The number of halogens is 1. The molecule has 1 heterocycles. The van der Waals surface area contributed by atoms with Crippen molar-refractivity contribution in [3.05, 3.63) is 51.9 Å². The first-order chi connectivity index (χ1) is 11.4. The Hall–Kier alpha value is -1.59. The van der Waals surface area contributed by atoms with Crippen LogP contribution in [0.2, 0.25) is 0 Å². The predicted molar refractivity (Wildman–Crippen MR) is 97.3 cm³/mol. The highest BCUT2D eigenvalue weighted by atomic mass is 79.9. The molecular weight excluding hydrogens is 370 g/mol. The van der Waals surface area contributed by atoms with Crippen LogP contribution in [-0.2, 0) is 9.63 Å². The number of carbonyl (C=O) groups is 1. The van der Waals surface area contributed by atoms with Gasteiger partial charge in [0.2, 0.25) is 0 Å². The van der Waals surface area contributed by atoms with E-state index in [9.17, 15) is 9.90 Å². The first-order valence-corrected chi connectivity index (χ1v) is 8.94. The monoisotopic (exact) mass is 391 g/mol. The normalized spacial score (nSPS) is 20.7. The molecule has 0 saturated carbocycles. The van der Waals surface area contributed by atoms with Gasteiger partial charge in [0.25, 0.3) is 0 Å². The van der Waals surface area contributed by atoms with Crippen LogP contribution in [0, 0.1) is 19.3 Å². The van der Waals surface area contributed by atoms with Gasteiger partial charge in [-0.05, 0) is 49.4 Å². The van der Waals surface area contributed by atoms with Crippen molar-refractivity contribution in [1.29, 1.82) is 0 Å². The zero-order valence-corrected chi connectivity index (χ0v) is 15.6. The van der Waals surface area contributed by atoms with Crippen LogP contribution in [0.15, 0.2) is 35.2 Å². The number of hydrogen-bond acceptors (Lipinski definition) is 4. The van der Waals surface area contributed by atoms with Gasteiger partial charge in [0.15, 0.2) is 5.78 Å². The quantitative estimate of drug-likeness (QED) is 0.772. The number of rotatable bonds is 3. The van der Waals surface area contributed by atoms with E-state index >= 15 is 0 Å². The summed E-state index contributed by atoms with van der Waals surface area (Å²) in [6.45, 7) is 8.87. The number of nitrogens with zero attached hydrogens (tertiary/aromatic N) is 1. The minimum atomic E-state index is -0.450. The zero-order valence-electron chi connectivity index (χ0n) is 14.1. The molecule has 1 fully saturated rings. The highest BCUT2D eigenvalue weighted by Gasteiger charge is 2.48. The summed E-state index contributed by atoms with van der Waals surface area (Å²) in [5.41, 5.74) is 2.93. The van der Waals surface area contributed by atoms with Gasteiger partial charge in [-0.1, -0.05) is 28.6 Å². The molecule has 1 aliphatic carbocycles. The van der Waals surface area contributed by atoms with E-state index in [1.807, 2.05) is 31.0 Å². The zero-order chi connectivity index (χ0) is 17.5. The highest BCUT2D eigenvalue weighted by Crippen LogP contribution is 2.51. The second-order valence-corrected chi connectivity index (χ2v) is 7.52. The number of allylic oxidation sites excluding steroid dienone is 2. The number of aliphatic hydroxyl groups excluding tert-OH is 1. The molecule has 1 saturated heterocycles. The molecule has 0 radical (unpaired) electrons. The summed E-state index contributed by atoms with van der Waals surface area (Å²) in [5.74, 6) is 0.296. The molecule has 5 heteroatoms. The maximum Gasteiger partial charge on any atom is 0.167 e. The molecule has 4 nitrogen and oxygen atoms in total. The highest BCUT2D eigenvalue weighted by molar-refractivity contribution is 9.10. The molecule has 2 aliphatic rings. The van der Waals surface area contributed by atoms with Gasteiger partial charge >= 0.3 is 0 Å². The fourth-order valence-corrected chi connectivity index (χ4v) is 4.21. The molecule has 128 valence electrons. The van der Waals surface area contributed by atoms with Crippen LogP contribution in [0.1, 0.15) is 36.0 Å². The van der Waals surface area contributed by atoms with E-state index < -0.39 is 5.41 Å². The molecule has 1 aliphatic heterocycles. The van der Waals surface area contributed by atoms with E-state index in [-0.39, 0.29) is 11.5 Å². The van der Waals surface area contributed by atoms with Crippen molar-refractivity contribution >= 4 is 27.3 Å². The third-order valence-corrected chi connectivity index (χ3v) is 6.14. The fourth-order valence-electron chi connectivity index (χ4n) is 3.88. The predicted octanol–water partition coefficient (Wildman–Crippen LogP) is 4.47. The van der Waals surface area contributed by atoms with E-state index in [1.54, 1.807) is 0 Å². The maximum absolute atomic E-state index is 12.8. The number of hydrogen-bond donors (Lipinski definition) is 1. The van der Waals surface area contributed by atoms with Crippen molar-refractivity contribution in [1.82, 2.24) is 5.06 Å². The van der Waals surface area contributed by atoms with Gasteiger partial charge in [-0.2, -0.15) is 0 Å². The van der Waals surface area contributed by atoms with Crippen LogP contribution >= 0.6 is 15.9 Å². The van der Waals surface area contributed by atoms with Gasteiger partial charge in [0.1, 0.15) is 12.0 Å². The van der Waals surface area contributed by atoms with Gasteiger partial charge in [-0.25, -0.2) is 0 Å². The van der Waals surface area contributed by atoms with Crippen LogP contribution in [0.4, 0.5) is 0 Å². The lowest BCUT2D eigenvalue weighted by atomic mass is 9.77. The number of ketones is 1. The van der Waals surface area contributed by atoms with Crippen LogP contribution in [0.5, 0.6) is 0 Å².